The number of anilines is 2. The molecule has 0 aliphatic rings. The zero-order valence-corrected chi connectivity index (χ0v) is 16.0. The quantitative estimate of drug-likeness (QED) is 0.409. The Hall–Kier alpha value is -3.94. The largest absolute Gasteiger partial charge is 0.444 e. The van der Waals surface area contributed by atoms with Crippen molar-refractivity contribution in [1.29, 1.82) is 0 Å². The summed E-state index contributed by atoms with van der Waals surface area (Å²) in [5.41, 5.74) is 0.261. The maximum Gasteiger partial charge on any atom is 0.429 e. The minimum atomic E-state index is -4.77. The number of halogens is 3. The molecule has 1 unspecified atom stereocenters. The molecule has 156 valence electrons. The summed E-state index contributed by atoms with van der Waals surface area (Å²) >= 11 is 0. The third kappa shape index (κ3) is 4.80. The SMILES string of the molecule is O=C(OC(c1ccc2ccccc2c1)C(F)(F)F)c1cccc(Nc2ncccn2)c1. The molecule has 8 heteroatoms. The molecule has 31 heavy (non-hydrogen) atoms. The molecule has 0 radical (unpaired) electrons. The number of carbonyl (C=O) groups is 1. The summed E-state index contributed by atoms with van der Waals surface area (Å²) in [5.74, 6) is -0.800. The van der Waals surface area contributed by atoms with E-state index in [0.717, 1.165) is 5.39 Å². The third-order valence-corrected chi connectivity index (χ3v) is 4.52. The summed E-state index contributed by atoms with van der Waals surface area (Å²) < 4.78 is 46.1. The Balaban J connectivity index is 1.59. The van der Waals surface area contributed by atoms with Crippen LogP contribution in [0.25, 0.3) is 10.8 Å². The molecule has 0 bridgehead atoms. The van der Waals surface area contributed by atoms with Crippen LogP contribution in [0.4, 0.5) is 24.8 Å². The van der Waals surface area contributed by atoms with Gasteiger partial charge in [0.1, 0.15) is 0 Å². The van der Waals surface area contributed by atoms with Gasteiger partial charge in [0.15, 0.2) is 0 Å². The first-order valence-electron chi connectivity index (χ1n) is 9.31. The van der Waals surface area contributed by atoms with Crippen LogP contribution in [0, 0.1) is 0 Å². The van der Waals surface area contributed by atoms with Gasteiger partial charge in [-0.25, -0.2) is 14.8 Å². The number of alkyl halides is 3. The second-order valence-corrected chi connectivity index (χ2v) is 6.71. The van der Waals surface area contributed by atoms with Crippen LogP contribution in [0.1, 0.15) is 22.0 Å². The molecule has 0 saturated heterocycles. The number of hydrogen-bond acceptors (Lipinski definition) is 5. The molecule has 1 atom stereocenters. The molecule has 0 amide bonds. The molecule has 0 fully saturated rings. The van der Waals surface area contributed by atoms with Crippen molar-refractivity contribution < 1.29 is 22.7 Å². The van der Waals surface area contributed by atoms with Gasteiger partial charge in [0.25, 0.3) is 0 Å². The van der Waals surface area contributed by atoms with Gasteiger partial charge in [0.2, 0.25) is 12.1 Å². The average molecular weight is 423 g/mol. The fourth-order valence-electron chi connectivity index (χ4n) is 3.09. The van der Waals surface area contributed by atoms with Gasteiger partial charge in [-0.05, 0) is 41.1 Å². The van der Waals surface area contributed by atoms with Crippen LogP contribution >= 0.6 is 0 Å². The number of ether oxygens (including phenoxy) is 1. The molecule has 5 nitrogen and oxygen atoms in total. The number of fused-ring (bicyclic) bond motifs is 1. The fraction of sp³-hybridized carbons (Fsp3) is 0.0870. The van der Waals surface area contributed by atoms with E-state index in [9.17, 15) is 18.0 Å². The van der Waals surface area contributed by atoms with E-state index in [-0.39, 0.29) is 17.1 Å². The summed E-state index contributed by atoms with van der Waals surface area (Å²) in [6.07, 6.45) is -4.10. The molecule has 1 aromatic heterocycles. The molecule has 0 spiro atoms. The Bertz CT molecular complexity index is 1210. The molecule has 3 aromatic carbocycles. The van der Waals surface area contributed by atoms with Crippen LogP contribution in [0.15, 0.2) is 85.2 Å². The summed E-state index contributed by atoms with van der Waals surface area (Å²) in [4.78, 5) is 20.6. The van der Waals surface area contributed by atoms with E-state index in [1.54, 1.807) is 42.5 Å². The third-order valence-electron chi connectivity index (χ3n) is 4.52. The number of carbonyl (C=O) groups excluding carboxylic acids is 1. The molecule has 1 N–H and O–H groups in total. The van der Waals surface area contributed by atoms with Crippen LogP contribution in [-0.4, -0.2) is 22.1 Å². The topological polar surface area (TPSA) is 64.1 Å². The Morgan fingerprint density at radius 3 is 2.35 bits per heavy atom. The first-order valence-corrected chi connectivity index (χ1v) is 9.31. The molecule has 0 aliphatic carbocycles. The summed E-state index contributed by atoms with van der Waals surface area (Å²) in [5, 5.41) is 4.30. The van der Waals surface area contributed by atoms with Gasteiger partial charge in [-0.15, -0.1) is 0 Å². The van der Waals surface area contributed by atoms with Gasteiger partial charge in [-0.1, -0.05) is 42.5 Å². The smallest absolute Gasteiger partial charge is 0.429 e. The van der Waals surface area contributed by atoms with E-state index in [1.165, 1.54) is 42.7 Å². The summed E-state index contributed by atoms with van der Waals surface area (Å²) in [6.45, 7) is 0. The fourth-order valence-corrected chi connectivity index (χ4v) is 3.09. The first-order chi connectivity index (χ1) is 14.9. The van der Waals surface area contributed by atoms with E-state index < -0.39 is 18.2 Å². The lowest BCUT2D eigenvalue weighted by Gasteiger charge is -2.21. The van der Waals surface area contributed by atoms with Crippen molar-refractivity contribution in [2.75, 3.05) is 5.32 Å². The highest BCUT2D eigenvalue weighted by Crippen LogP contribution is 2.37. The van der Waals surface area contributed by atoms with E-state index >= 15 is 0 Å². The standard InChI is InChI=1S/C23H16F3N3O2/c24-23(25,26)20(17-10-9-15-5-1-2-6-16(15)13-17)31-21(30)18-7-3-8-19(14-18)29-22-27-11-4-12-28-22/h1-14,20H,(H,27,28,29). The monoisotopic (exact) mass is 423 g/mol. The number of rotatable bonds is 5. The van der Waals surface area contributed by atoms with Gasteiger partial charge < -0.3 is 10.1 Å². The first kappa shape index (κ1) is 20.3. The highest BCUT2D eigenvalue weighted by molar-refractivity contribution is 5.91. The number of hydrogen-bond donors (Lipinski definition) is 1. The van der Waals surface area contributed by atoms with Crippen molar-refractivity contribution in [2.24, 2.45) is 0 Å². The molecular formula is C23H16F3N3O2. The number of esters is 1. The van der Waals surface area contributed by atoms with E-state index in [1.807, 2.05) is 0 Å². The van der Waals surface area contributed by atoms with Gasteiger partial charge >= 0.3 is 12.1 Å². The minimum absolute atomic E-state index is 0.0315. The van der Waals surface area contributed by atoms with Crippen LogP contribution in [0.5, 0.6) is 0 Å². The zero-order valence-electron chi connectivity index (χ0n) is 16.0. The number of nitrogens with zero attached hydrogens (tertiary/aromatic N) is 2. The summed E-state index contributed by atoms with van der Waals surface area (Å²) in [7, 11) is 0. The highest BCUT2D eigenvalue weighted by atomic mass is 19.4. The van der Waals surface area contributed by atoms with Crippen LogP contribution in [0.2, 0.25) is 0 Å². The van der Waals surface area contributed by atoms with Gasteiger partial charge in [-0.2, -0.15) is 13.2 Å². The van der Waals surface area contributed by atoms with Crippen molar-refractivity contribution in [3.63, 3.8) is 0 Å². The molecule has 1 heterocycles. The van der Waals surface area contributed by atoms with Crippen molar-refractivity contribution >= 4 is 28.4 Å². The van der Waals surface area contributed by atoms with Crippen molar-refractivity contribution in [3.8, 4) is 0 Å². The maximum atomic E-state index is 13.7. The van der Waals surface area contributed by atoms with Crippen LogP contribution in [-0.2, 0) is 4.74 Å². The van der Waals surface area contributed by atoms with Crippen molar-refractivity contribution in [3.05, 3.63) is 96.3 Å². The molecule has 4 aromatic rings. The normalized spacial score (nSPS) is 12.4. The molecular weight excluding hydrogens is 407 g/mol. The van der Waals surface area contributed by atoms with E-state index in [4.69, 9.17) is 4.74 Å². The Morgan fingerprint density at radius 2 is 1.61 bits per heavy atom. The molecule has 0 saturated carbocycles. The van der Waals surface area contributed by atoms with Gasteiger partial charge in [0.05, 0.1) is 5.56 Å². The Kier molecular flexibility index (Phi) is 5.53. The molecule has 4 rings (SSSR count). The second-order valence-electron chi connectivity index (χ2n) is 6.71. The highest BCUT2D eigenvalue weighted by Gasteiger charge is 2.44. The average Bonchev–Trinajstić information content (AvgIpc) is 2.77. The number of nitrogens with one attached hydrogen (secondary N) is 1. The summed E-state index contributed by atoms with van der Waals surface area (Å²) in [6, 6.07) is 18.9. The predicted octanol–water partition coefficient (Wildman–Crippen LogP) is 5.83. The zero-order chi connectivity index (χ0) is 21.8. The number of benzene rings is 3. The number of aromatic nitrogens is 2. The Morgan fingerprint density at radius 1 is 0.871 bits per heavy atom. The lowest BCUT2D eigenvalue weighted by Crippen LogP contribution is -2.26. The second kappa shape index (κ2) is 8.43. The van der Waals surface area contributed by atoms with Crippen LogP contribution < -0.4 is 5.32 Å². The molecule has 0 aliphatic heterocycles. The predicted molar refractivity (Wildman–Crippen MR) is 110 cm³/mol. The lowest BCUT2D eigenvalue weighted by molar-refractivity contribution is -0.207. The van der Waals surface area contributed by atoms with Crippen LogP contribution in [0.3, 0.4) is 0 Å². The van der Waals surface area contributed by atoms with Crippen molar-refractivity contribution in [1.82, 2.24) is 9.97 Å². The minimum Gasteiger partial charge on any atom is -0.444 e. The van der Waals surface area contributed by atoms with Gasteiger partial charge in [0, 0.05) is 23.6 Å². The van der Waals surface area contributed by atoms with E-state index in [2.05, 4.69) is 15.3 Å². The lowest BCUT2D eigenvalue weighted by atomic mass is 10.0. The van der Waals surface area contributed by atoms with Crippen molar-refractivity contribution in [2.45, 2.75) is 12.3 Å². The van der Waals surface area contributed by atoms with E-state index in [0.29, 0.717) is 11.1 Å². The van der Waals surface area contributed by atoms with Gasteiger partial charge in [-0.3, -0.25) is 0 Å². The Labute approximate surface area is 175 Å². The maximum absolute atomic E-state index is 13.7.